The first-order valence-corrected chi connectivity index (χ1v) is 4.93. The van der Waals surface area contributed by atoms with Crippen molar-refractivity contribution in [2.24, 2.45) is 10.8 Å². The van der Waals surface area contributed by atoms with Crippen LogP contribution in [0, 0.1) is 10.6 Å². The van der Waals surface area contributed by atoms with Gasteiger partial charge in [-0.3, -0.25) is 5.73 Å². The molecule has 1 aliphatic heterocycles. The van der Waals surface area contributed by atoms with Gasteiger partial charge in [-0.2, -0.15) is 0 Å². The van der Waals surface area contributed by atoms with E-state index >= 15 is 0 Å². The number of benzene rings is 1. The summed E-state index contributed by atoms with van der Waals surface area (Å²) >= 11 is 0. The van der Waals surface area contributed by atoms with Gasteiger partial charge in [-0.1, -0.05) is 24.3 Å². The van der Waals surface area contributed by atoms with Crippen molar-refractivity contribution in [2.45, 2.75) is 0 Å². The first-order valence-electron chi connectivity index (χ1n) is 4.93. The van der Waals surface area contributed by atoms with Gasteiger partial charge in [0.05, 0.1) is 11.9 Å². The Morgan fingerprint density at radius 3 is 2.94 bits per heavy atom. The lowest BCUT2D eigenvalue weighted by atomic mass is 10.1. The quantitative estimate of drug-likeness (QED) is 0.225. The molecule has 1 aromatic carbocycles. The van der Waals surface area contributed by atoms with Crippen LogP contribution in [0.3, 0.4) is 0 Å². The van der Waals surface area contributed by atoms with Crippen molar-refractivity contribution in [3.8, 4) is 0 Å². The largest absolute Gasteiger partial charge is 0.722 e. The molecule has 0 aromatic heterocycles. The van der Waals surface area contributed by atoms with Crippen LogP contribution in [0.15, 0.2) is 47.4 Å². The molecule has 1 heterocycles. The molecule has 6 heteroatoms. The second-order valence-corrected chi connectivity index (χ2v) is 3.40. The summed E-state index contributed by atoms with van der Waals surface area (Å²) in [6.07, 6.45) is 5.02. The minimum absolute atomic E-state index is 0.0447. The molecular weight excluding hydrogens is 218 g/mol. The Bertz CT molecular complexity index is 545. The zero-order chi connectivity index (χ0) is 12.3. The van der Waals surface area contributed by atoms with E-state index < -0.39 is 5.96 Å². The fourth-order valence-electron chi connectivity index (χ4n) is 1.39. The number of nitrogens with zero attached hydrogens (tertiary/aromatic N) is 2. The summed E-state index contributed by atoms with van der Waals surface area (Å²) in [7, 11) is 0. The number of guanidine groups is 1. The number of nitrogens with two attached hydrogens (primary N) is 1. The van der Waals surface area contributed by atoms with Crippen LogP contribution in [-0.2, 0) is 0 Å². The summed E-state index contributed by atoms with van der Waals surface area (Å²) in [5.74, 6) is -0.651. The van der Waals surface area contributed by atoms with Crippen LogP contribution in [0.2, 0.25) is 0 Å². The van der Waals surface area contributed by atoms with Crippen LogP contribution in [0.5, 0.6) is 0 Å². The number of hydrogen-bond acceptors (Lipinski definition) is 4. The summed E-state index contributed by atoms with van der Waals surface area (Å²) in [5, 5.41) is 24.4. The normalized spacial score (nSPS) is 16.5. The number of azo groups is 1. The average Bonchev–Trinajstić information content (AvgIpc) is 2.35. The smallest absolute Gasteiger partial charge is 0.402 e. The number of nitrogens with one attached hydrogen (secondary N) is 2. The number of allylic oxidation sites excluding steroid dienone is 1. The fraction of sp³-hybridized carbons (Fsp3) is 0. The van der Waals surface area contributed by atoms with Crippen molar-refractivity contribution in [1.82, 2.24) is 0 Å². The molecule has 0 unspecified atom stereocenters. The molecule has 0 saturated carbocycles. The molecular formula is C11H11N5O. The van der Waals surface area contributed by atoms with E-state index in [1.807, 2.05) is 30.3 Å². The highest BCUT2D eigenvalue weighted by molar-refractivity contribution is 5.74. The fourth-order valence-corrected chi connectivity index (χ4v) is 1.39. The maximum Gasteiger partial charge on any atom is 0.402 e. The highest BCUT2D eigenvalue weighted by atomic mass is 16.5. The number of anilines is 1. The van der Waals surface area contributed by atoms with Gasteiger partial charge in [0.25, 0.3) is 0 Å². The predicted octanol–water partition coefficient (Wildman–Crippen LogP) is 1.82. The molecule has 2 rings (SSSR count). The minimum atomic E-state index is -0.651. The minimum Gasteiger partial charge on any atom is -0.722 e. The van der Waals surface area contributed by atoms with Crippen molar-refractivity contribution in [2.75, 3.05) is 5.32 Å². The average molecular weight is 229 g/mol. The first kappa shape index (κ1) is 10.9. The predicted molar refractivity (Wildman–Crippen MR) is 65.2 cm³/mol. The monoisotopic (exact) mass is 229 g/mol. The van der Waals surface area contributed by atoms with Crippen molar-refractivity contribution < 1.29 is 4.86 Å². The Labute approximate surface area is 97.9 Å². The first-order chi connectivity index (χ1) is 8.16. The van der Waals surface area contributed by atoms with Gasteiger partial charge < -0.3 is 10.5 Å². The molecule has 0 atom stereocenters. The van der Waals surface area contributed by atoms with Gasteiger partial charge in [0.2, 0.25) is 0 Å². The van der Waals surface area contributed by atoms with Crippen LogP contribution in [0.4, 0.5) is 5.69 Å². The molecule has 1 aliphatic rings. The molecule has 1 aromatic rings. The Balaban J connectivity index is 2.21. The van der Waals surface area contributed by atoms with E-state index in [1.165, 1.54) is 6.20 Å². The highest BCUT2D eigenvalue weighted by Gasteiger charge is 2.05. The molecule has 0 radical (unpaired) electrons. The Morgan fingerprint density at radius 1 is 1.41 bits per heavy atom. The van der Waals surface area contributed by atoms with Gasteiger partial charge >= 0.3 is 5.96 Å². The molecule has 17 heavy (non-hydrogen) atoms. The lowest BCUT2D eigenvalue weighted by Gasteiger charge is -2.14. The van der Waals surface area contributed by atoms with Gasteiger partial charge in [-0.05, 0) is 17.7 Å². The topological polar surface area (TPSA) is 100 Å². The zero-order valence-corrected chi connectivity index (χ0v) is 8.92. The van der Waals surface area contributed by atoms with E-state index in [9.17, 15) is 5.21 Å². The van der Waals surface area contributed by atoms with Gasteiger partial charge in [0, 0.05) is 5.69 Å². The standard InChI is InChI=1S/C11H11N5O/c12-11(13)16(17)14-7-9-6-5-8-3-1-2-4-10(8)15-9/h1-7,15H,(H3,12,13)/b9-7+,16-14?. The van der Waals surface area contributed by atoms with Crippen LogP contribution >= 0.6 is 0 Å². The number of hydrogen-bond donors (Lipinski definition) is 3. The molecule has 4 N–H and O–H groups in total. The number of hydroxylamine groups is 1. The lowest BCUT2D eigenvalue weighted by Crippen LogP contribution is -2.21. The van der Waals surface area contributed by atoms with Crippen molar-refractivity contribution >= 4 is 17.7 Å². The van der Waals surface area contributed by atoms with E-state index in [0.29, 0.717) is 5.70 Å². The van der Waals surface area contributed by atoms with Crippen molar-refractivity contribution in [3.63, 3.8) is 0 Å². The Kier molecular flexibility index (Phi) is 2.87. The summed E-state index contributed by atoms with van der Waals surface area (Å²) in [6, 6.07) is 7.75. The number of rotatable bonds is 1. The molecule has 0 saturated heterocycles. The molecule has 0 spiro atoms. The number of fused-ring (bicyclic) bond motifs is 1. The SMILES string of the molecule is N=C(N)[N+]([O-])=N/C=C1\C=Cc2ccccc2N1. The molecule has 6 nitrogen and oxygen atoms in total. The Morgan fingerprint density at radius 2 is 2.18 bits per heavy atom. The van der Waals surface area contributed by atoms with Crippen molar-refractivity contribution in [3.05, 3.63) is 53.0 Å². The molecule has 86 valence electrons. The lowest BCUT2D eigenvalue weighted by molar-refractivity contribution is -0.407. The second kappa shape index (κ2) is 4.48. The van der Waals surface area contributed by atoms with Crippen LogP contribution in [0.25, 0.3) is 6.08 Å². The van der Waals surface area contributed by atoms with Crippen LogP contribution < -0.4 is 11.1 Å². The van der Waals surface area contributed by atoms with Gasteiger partial charge in [0.1, 0.15) is 0 Å². The molecule has 0 amide bonds. The number of para-hydroxylation sites is 1. The Hall–Kier alpha value is -2.63. The maximum absolute atomic E-state index is 10.9. The van der Waals surface area contributed by atoms with E-state index in [-0.39, 0.29) is 4.86 Å². The van der Waals surface area contributed by atoms with E-state index in [4.69, 9.17) is 11.1 Å². The third-order valence-corrected chi connectivity index (χ3v) is 2.19. The van der Waals surface area contributed by atoms with E-state index in [2.05, 4.69) is 10.4 Å². The molecule has 0 aliphatic carbocycles. The highest BCUT2D eigenvalue weighted by Crippen LogP contribution is 2.23. The third-order valence-electron chi connectivity index (χ3n) is 2.19. The summed E-state index contributed by atoms with van der Waals surface area (Å²) in [6.45, 7) is 0. The summed E-state index contributed by atoms with van der Waals surface area (Å²) in [5.41, 5.74) is 7.63. The van der Waals surface area contributed by atoms with Crippen molar-refractivity contribution in [1.29, 1.82) is 5.41 Å². The third kappa shape index (κ3) is 2.49. The van der Waals surface area contributed by atoms with Gasteiger partial charge in [-0.15, -0.1) is 15.4 Å². The second-order valence-electron chi connectivity index (χ2n) is 3.40. The van der Waals surface area contributed by atoms with E-state index in [1.54, 1.807) is 6.08 Å². The van der Waals surface area contributed by atoms with Crippen LogP contribution in [0.1, 0.15) is 5.56 Å². The molecule has 0 fully saturated rings. The maximum atomic E-state index is 10.9. The molecule has 0 bridgehead atoms. The zero-order valence-electron chi connectivity index (χ0n) is 8.92. The van der Waals surface area contributed by atoms with Crippen LogP contribution in [-0.4, -0.2) is 10.8 Å². The summed E-state index contributed by atoms with van der Waals surface area (Å²) in [4.78, 5) is 0.0447. The summed E-state index contributed by atoms with van der Waals surface area (Å²) < 4.78 is 0. The van der Waals surface area contributed by atoms with Gasteiger partial charge in [-0.25, -0.2) is 0 Å². The van der Waals surface area contributed by atoms with E-state index in [0.717, 1.165) is 11.3 Å². The van der Waals surface area contributed by atoms with Gasteiger partial charge in [0.15, 0.2) is 0 Å².